The van der Waals surface area contributed by atoms with Gasteiger partial charge < -0.3 is 14.4 Å². The second-order valence-electron chi connectivity index (χ2n) is 4.04. The molecule has 1 aliphatic rings. The lowest BCUT2D eigenvalue weighted by Gasteiger charge is -2.15. The zero-order valence-electron chi connectivity index (χ0n) is 8.99. The monoisotopic (exact) mass is 209 g/mol. The van der Waals surface area contributed by atoms with Gasteiger partial charge in [0.2, 0.25) is 0 Å². The summed E-state index contributed by atoms with van der Waals surface area (Å²) in [6.45, 7) is 4.70. The van der Waals surface area contributed by atoms with E-state index in [-0.39, 0.29) is 12.0 Å². The van der Waals surface area contributed by atoms with Crippen LogP contribution in [0.25, 0.3) is 0 Å². The standard InChI is InChI=1S/C11H15NO3/c1-7-6-15-8(2)10(7)11(14)12-4-3-9(13)5-12/h6,9,13H,3-5H2,1-2H3. The molecule has 0 aromatic carbocycles. The van der Waals surface area contributed by atoms with Gasteiger partial charge in [-0.25, -0.2) is 0 Å². The van der Waals surface area contributed by atoms with Gasteiger partial charge in [0, 0.05) is 18.7 Å². The van der Waals surface area contributed by atoms with E-state index in [1.165, 1.54) is 0 Å². The van der Waals surface area contributed by atoms with E-state index in [1.54, 1.807) is 18.1 Å². The maximum Gasteiger partial charge on any atom is 0.257 e. The third kappa shape index (κ3) is 1.77. The maximum absolute atomic E-state index is 12.1. The number of hydrogen-bond acceptors (Lipinski definition) is 3. The number of nitrogens with zero attached hydrogens (tertiary/aromatic N) is 1. The van der Waals surface area contributed by atoms with E-state index in [1.807, 2.05) is 6.92 Å². The van der Waals surface area contributed by atoms with E-state index in [4.69, 9.17) is 4.42 Å². The molecule has 0 spiro atoms. The SMILES string of the molecule is Cc1coc(C)c1C(=O)N1CCC(O)C1. The van der Waals surface area contributed by atoms with Crippen molar-refractivity contribution in [3.63, 3.8) is 0 Å². The van der Waals surface area contributed by atoms with Crippen molar-refractivity contribution in [1.82, 2.24) is 4.90 Å². The summed E-state index contributed by atoms with van der Waals surface area (Å²) in [5.41, 5.74) is 1.50. The molecular weight excluding hydrogens is 194 g/mol. The first-order valence-corrected chi connectivity index (χ1v) is 5.11. The number of furan rings is 1. The van der Waals surface area contributed by atoms with Gasteiger partial charge in [-0.2, -0.15) is 0 Å². The minimum atomic E-state index is -0.374. The molecule has 0 aliphatic carbocycles. The van der Waals surface area contributed by atoms with Crippen LogP contribution in [-0.4, -0.2) is 35.1 Å². The van der Waals surface area contributed by atoms with Gasteiger partial charge in [0.1, 0.15) is 5.76 Å². The molecule has 0 radical (unpaired) electrons. The van der Waals surface area contributed by atoms with E-state index >= 15 is 0 Å². The number of likely N-dealkylation sites (tertiary alicyclic amines) is 1. The first-order chi connectivity index (χ1) is 7.09. The number of carbonyl (C=O) groups is 1. The number of hydrogen-bond donors (Lipinski definition) is 1. The van der Waals surface area contributed by atoms with Crippen LogP contribution in [0.1, 0.15) is 28.1 Å². The highest BCUT2D eigenvalue weighted by molar-refractivity contribution is 5.96. The fraction of sp³-hybridized carbons (Fsp3) is 0.545. The Morgan fingerprint density at radius 3 is 2.80 bits per heavy atom. The summed E-state index contributed by atoms with van der Waals surface area (Å²) < 4.78 is 5.19. The maximum atomic E-state index is 12.1. The van der Waals surface area contributed by atoms with Gasteiger partial charge in [-0.1, -0.05) is 0 Å². The van der Waals surface area contributed by atoms with Crippen LogP contribution >= 0.6 is 0 Å². The molecule has 2 rings (SSSR count). The summed E-state index contributed by atoms with van der Waals surface area (Å²) in [4.78, 5) is 13.7. The van der Waals surface area contributed by atoms with E-state index in [2.05, 4.69) is 0 Å². The third-order valence-electron chi connectivity index (χ3n) is 2.82. The van der Waals surface area contributed by atoms with Crippen molar-refractivity contribution < 1.29 is 14.3 Å². The normalized spacial score (nSPS) is 21.0. The fourth-order valence-corrected chi connectivity index (χ4v) is 1.98. The molecule has 2 heterocycles. The lowest BCUT2D eigenvalue weighted by Crippen LogP contribution is -2.30. The minimum absolute atomic E-state index is 0.0321. The van der Waals surface area contributed by atoms with Gasteiger partial charge in [-0.15, -0.1) is 0 Å². The van der Waals surface area contributed by atoms with E-state index in [0.717, 1.165) is 5.56 Å². The number of aliphatic hydroxyl groups is 1. The van der Waals surface area contributed by atoms with E-state index in [0.29, 0.717) is 30.8 Å². The van der Waals surface area contributed by atoms with Crippen molar-refractivity contribution >= 4 is 5.91 Å². The van der Waals surface area contributed by atoms with Crippen LogP contribution in [0.15, 0.2) is 10.7 Å². The Labute approximate surface area is 88.5 Å². The van der Waals surface area contributed by atoms with Gasteiger partial charge in [0.25, 0.3) is 5.91 Å². The van der Waals surface area contributed by atoms with Crippen molar-refractivity contribution in [1.29, 1.82) is 0 Å². The van der Waals surface area contributed by atoms with E-state index < -0.39 is 0 Å². The highest BCUT2D eigenvalue weighted by atomic mass is 16.3. The highest BCUT2D eigenvalue weighted by Crippen LogP contribution is 2.20. The Bertz CT molecular complexity index is 364. The molecule has 1 aromatic heterocycles. The molecule has 4 heteroatoms. The van der Waals surface area contributed by atoms with Crippen LogP contribution in [0, 0.1) is 13.8 Å². The Kier molecular flexibility index (Phi) is 2.52. The molecule has 0 saturated carbocycles. The number of aryl methyl sites for hydroxylation is 2. The van der Waals surface area contributed by atoms with Crippen LogP contribution in [-0.2, 0) is 0 Å². The molecule has 1 saturated heterocycles. The molecule has 1 fully saturated rings. The molecule has 4 nitrogen and oxygen atoms in total. The van der Waals surface area contributed by atoms with Gasteiger partial charge in [-0.05, 0) is 20.3 Å². The lowest BCUT2D eigenvalue weighted by molar-refractivity contribution is 0.0762. The Morgan fingerprint density at radius 1 is 1.60 bits per heavy atom. The van der Waals surface area contributed by atoms with E-state index in [9.17, 15) is 9.90 Å². The predicted octanol–water partition coefficient (Wildman–Crippen LogP) is 1.10. The minimum Gasteiger partial charge on any atom is -0.469 e. The lowest BCUT2D eigenvalue weighted by atomic mass is 10.1. The molecule has 0 bridgehead atoms. The second kappa shape index (κ2) is 3.70. The van der Waals surface area contributed by atoms with Crippen LogP contribution in [0.4, 0.5) is 0 Å². The topological polar surface area (TPSA) is 53.7 Å². The molecule has 1 unspecified atom stereocenters. The molecule has 1 aromatic rings. The predicted molar refractivity (Wildman–Crippen MR) is 54.7 cm³/mol. The Balaban J connectivity index is 2.21. The van der Waals surface area contributed by atoms with Crippen molar-refractivity contribution in [2.24, 2.45) is 0 Å². The highest BCUT2D eigenvalue weighted by Gasteiger charge is 2.28. The zero-order valence-corrected chi connectivity index (χ0v) is 8.99. The summed E-state index contributed by atoms with van der Waals surface area (Å²) in [5.74, 6) is 0.620. The molecule has 1 atom stereocenters. The third-order valence-corrected chi connectivity index (χ3v) is 2.82. The number of rotatable bonds is 1. The van der Waals surface area contributed by atoms with Crippen molar-refractivity contribution in [3.05, 3.63) is 23.2 Å². The molecule has 1 N–H and O–H groups in total. The molecule has 1 aliphatic heterocycles. The Hall–Kier alpha value is -1.29. The largest absolute Gasteiger partial charge is 0.469 e. The molecule has 82 valence electrons. The van der Waals surface area contributed by atoms with Crippen LogP contribution in [0.5, 0.6) is 0 Å². The van der Waals surface area contributed by atoms with Crippen molar-refractivity contribution in [3.8, 4) is 0 Å². The molecule has 1 amide bonds. The summed E-state index contributed by atoms with van der Waals surface area (Å²) in [5, 5.41) is 9.37. The first kappa shape index (κ1) is 10.2. The fourth-order valence-electron chi connectivity index (χ4n) is 1.98. The number of amides is 1. The summed E-state index contributed by atoms with van der Waals surface area (Å²) in [6, 6.07) is 0. The first-order valence-electron chi connectivity index (χ1n) is 5.11. The van der Waals surface area contributed by atoms with Gasteiger partial charge >= 0.3 is 0 Å². The summed E-state index contributed by atoms with van der Waals surface area (Å²) >= 11 is 0. The van der Waals surface area contributed by atoms with Gasteiger partial charge in [-0.3, -0.25) is 4.79 Å². The number of β-amino-alcohol motifs (C(OH)–C–C–N with tert-alkyl or cyclic N) is 1. The molecular formula is C11H15NO3. The van der Waals surface area contributed by atoms with Crippen molar-refractivity contribution in [2.75, 3.05) is 13.1 Å². The Morgan fingerprint density at radius 2 is 2.33 bits per heavy atom. The zero-order chi connectivity index (χ0) is 11.0. The quantitative estimate of drug-likeness (QED) is 0.753. The number of carbonyl (C=O) groups excluding carboxylic acids is 1. The van der Waals surface area contributed by atoms with Crippen molar-refractivity contribution in [2.45, 2.75) is 26.4 Å². The smallest absolute Gasteiger partial charge is 0.257 e. The second-order valence-corrected chi connectivity index (χ2v) is 4.04. The molecule has 15 heavy (non-hydrogen) atoms. The van der Waals surface area contributed by atoms with Crippen LogP contribution < -0.4 is 0 Å². The average Bonchev–Trinajstić information content (AvgIpc) is 2.73. The summed E-state index contributed by atoms with van der Waals surface area (Å²) in [7, 11) is 0. The van der Waals surface area contributed by atoms with Gasteiger partial charge in [0.15, 0.2) is 0 Å². The van der Waals surface area contributed by atoms with Crippen LogP contribution in [0.3, 0.4) is 0 Å². The number of aliphatic hydroxyl groups excluding tert-OH is 1. The summed E-state index contributed by atoms with van der Waals surface area (Å²) in [6.07, 6.45) is 1.89. The van der Waals surface area contributed by atoms with Gasteiger partial charge in [0.05, 0.1) is 17.9 Å². The average molecular weight is 209 g/mol. The van der Waals surface area contributed by atoms with Crippen LogP contribution in [0.2, 0.25) is 0 Å².